The summed E-state index contributed by atoms with van der Waals surface area (Å²) in [6, 6.07) is 9.72. The van der Waals surface area contributed by atoms with Crippen LogP contribution < -0.4 is 16.0 Å². The van der Waals surface area contributed by atoms with Gasteiger partial charge in [-0.05, 0) is 35.4 Å². The Bertz CT molecular complexity index is 624. The van der Waals surface area contributed by atoms with Crippen molar-refractivity contribution in [3.63, 3.8) is 0 Å². The van der Waals surface area contributed by atoms with Crippen molar-refractivity contribution < 1.29 is 9.13 Å². The van der Waals surface area contributed by atoms with E-state index in [9.17, 15) is 4.39 Å². The van der Waals surface area contributed by atoms with E-state index in [-0.39, 0.29) is 5.75 Å². The van der Waals surface area contributed by atoms with Crippen molar-refractivity contribution in [2.24, 2.45) is 5.84 Å². The number of nitrogens with one attached hydrogen (secondary N) is 1. The van der Waals surface area contributed by atoms with Crippen LogP contribution in [0.15, 0.2) is 40.9 Å². The van der Waals surface area contributed by atoms with Crippen molar-refractivity contribution in [3.05, 3.63) is 62.8 Å². The van der Waals surface area contributed by atoms with Crippen LogP contribution in [0.3, 0.4) is 0 Å². The highest BCUT2D eigenvalue weighted by Gasteiger charge is 2.17. The molecular formula is C14H13BrClFN2O. The van der Waals surface area contributed by atoms with Gasteiger partial charge in [0.15, 0.2) is 11.6 Å². The van der Waals surface area contributed by atoms with Gasteiger partial charge in [-0.2, -0.15) is 0 Å². The van der Waals surface area contributed by atoms with E-state index in [1.165, 1.54) is 13.2 Å². The summed E-state index contributed by atoms with van der Waals surface area (Å²) in [5, 5.41) is 0.540. The third-order valence-electron chi connectivity index (χ3n) is 2.95. The Morgan fingerprint density at radius 1 is 1.30 bits per heavy atom. The lowest BCUT2D eigenvalue weighted by molar-refractivity contribution is 0.385. The van der Waals surface area contributed by atoms with Crippen LogP contribution in [-0.2, 0) is 0 Å². The average molecular weight is 360 g/mol. The van der Waals surface area contributed by atoms with Gasteiger partial charge in [-0.3, -0.25) is 5.84 Å². The Morgan fingerprint density at radius 2 is 2.05 bits per heavy atom. The molecule has 0 aliphatic heterocycles. The van der Waals surface area contributed by atoms with E-state index in [0.29, 0.717) is 10.6 Å². The molecule has 0 saturated carbocycles. The zero-order valence-electron chi connectivity index (χ0n) is 10.7. The molecule has 20 heavy (non-hydrogen) atoms. The molecular weight excluding hydrogens is 347 g/mol. The molecule has 6 heteroatoms. The Hall–Kier alpha value is -1.14. The molecule has 0 amide bonds. The van der Waals surface area contributed by atoms with Crippen LogP contribution in [-0.4, -0.2) is 7.11 Å². The zero-order chi connectivity index (χ0) is 14.7. The lowest BCUT2D eigenvalue weighted by Gasteiger charge is -2.19. The molecule has 2 aromatic carbocycles. The van der Waals surface area contributed by atoms with Gasteiger partial charge < -0.3 is 4.74 Å². The second-order valence-corrected chi connectivity index (χ2v) is 5.48. The number of ether oxygens (including phenoxy) is 1. The van der Waals surface area contributed by atoms with E-state index in [1.807, 2.05) is 12.1 Å². The fraction of sp³-hybridized carbons (Fsp3) is 0.143. The van der Waals surface area contributed by atoms with Gasteiger partial charge >= 0.3 is 0 Å². The molecule has 1 atom stereocenters. The molecule has 0 fully saturated rings. The number of methoxy groups -OCH3 is 1. The number of hydrogen-bond donors (Lipinski definition) is 2. The first-order chi connectivity index (χ1) is 9.56. The fourth-order valence-electron chi connectivity index (χ4n) is 1.96. The van der Waals surface area contributed by atoms with Crippen LogP contribution in [0, 0.1) is 5.82 Å². The van der Waals surface area contributed by atoms with Crippen molar-refractivity contribution >= 4 is 27.5 Å². The second kappa shape index (κ2) is 6.54. The van der Waals surface area contributed by atoms with Crippen LogP contribution in [0.25, 0.3) is 0 Å². The molecule has 106 valence electrons. The van der Waals surface area contributed by atoms with Crippen molar-refractivity contribution in [2.45, 2.75) is 6.04 Å². The lowest BCUT2D eigenvalue weighted by Crippen LogP contribution is -2.29. The fourth-order valence-corrected chi connectivity index (χ4v) is 2.75. The summed E-state index contributed by atoms with van der Waals surface area (Å²) in [6.45, 7) is 0. The van der Waals surface area contributed by atoms with Crippen LogP contribution in [0.2, 0.25) is 5.02 Å². The highest BCUT2D eigenvalue weighted by atomic mass is 79.9. The molecule has 0 aliphatic carbocycles. The van der Waals surface area contributed by atoms with Gasteiger partial charge in [-0.1, -0.05) is 39.7 Å². The number of hydrazine groups is 1. The molecule has 1 unspecified atom stereocenters. The molecule has 3 N–H and O–H groups in total. The molecule has 3 nitrogen and oxygen atoms in total. The Morgan fingerprint density at radius 3 is 2.60 bits per heavy atom. The van der Waals surface area contributed by atoms with E-state index >= 15 is 0 Å². The van der Waals surface area contributed by atoms with E-state index in [1.54, 1.807) is 18.2 Å². The maximum atomic E-state index is 13.8. The molecule has 0 saturated heterocycles. The first kappa shape index (κ1) is 15.3. The van der Waals surface area contributed by atoms with Gasteiger partial charge in [0.2, 0.25) is 0 Å². The van der Waals surface area contributed by atoms with Gasteiger partial charge in [0.05, 0.1) is 13.2 Å². The predicted octanol–water partition coefficient (Wildman–Crippen LogP) is 3.80. The number of rotatable bonds is 4. The first-order valence-corrected chi connectivity index (χ1v) is 6.98. The van der Waals surface area contributed by atoms with E-state index in [4.69, 9.17) is 22.2 Å². The van der Waals surface area contributed by atoms with E-state index in [0.717, 1.165) is 10.0 Å². The van der Waals surface area contributed by atoms with Crippen LogP contribution in [0.4, 0.5) is 4.39 Å². The van der Waals surface area contributed by atoms with Gasteiger partial charge in [-0.25, -0.2) is 9.82 Å². The van der Waals surface area contributed by atoms with Crippen LogP contribution >= 0.6 is 27.5 Å². The number of nitrogens with two attached hydrogens (primary N) is 1. The number of hydrogen-bond acceptors (Lipinski definition) is 3. The maximum Gasteiger partial charge on any atom is 0.165 e. The van der Waals surface area contributed by atoms with Gasteiger partial charge in [0.1, 0.15) is 0 Å². The molecule has 0 aromatic heterocycles. The van der Waals surface area contributed by atoms with Gasteiger partial charge in [-0.15, -0.1) is 0 Å². The molecule has 0 bridgehead atoms. The van der Waals surface area contributed by atoms with Crippen molar-refractivity contribution in [1.82, 2.24) is 5.43 Å². The Labute approximate surface area is 130 Å². The highest BCUT2D eigenvalue weighted by molar-refractivity contribution is 9.10. The van der Waals surface area contributed by atoms with Gasteiger partial charge in [0.25, 0.3) is 0 Å². The summed E-state index contributed by atoms with van der Waals surface area (Å²) in [4.78, 5) is 0. The predicted molar refractivity (Wildman–Crippen MR) is 81.3 cm³/mol. The molecule has 0 aliphatic rings. The minimum atomic E-state index is -0.446. The van der Waals surface area contributed by atoms with Crippen molar-refractivity contribution in [3.8, 4) is 5.75 Å². The summed E-state index contributed by atoms with van der Waals surface area (Å²) < 4.78 is 19.6. The highest BCUT2D eigenvalue weighted by Crippen LogP contribution is 2.31. The average Bonchev–Trinajstić information content (AvgIpc) is 2.42. The minimum Gasteiger partial charge on any atom is -0.494 e. The summed E-state index contributed by atoms with van der Waals surface area (Å²) in [5.41, 5.74) is 4.08. The zero-order valence-corrected chi connectivity index (χ0v) is 13.0. The molecule has 0 spiro atoms. The van der Waals surface area contributed by atoms with Crippen LogP contribution in [0.1, 0.15) is 17.2 Å². The standard InChI is InChI=1S/C14H13BrClFN2O/c1-20-13-5-2-8(6-12(13)17)14(19-18)10-4-3-9(15)7-11(10)16/h2-7,14,19H,18H2,1H3. The third kappa shape index (κ3) is 3.12. The number of halogens is 3. The summed E-state index contributed by atoms with van der Waals surface area (Å²) >= 11 is 9.55. The summed E-state index contributed by atoms with van der Waals surface area (Å²) in [5.74, 6) is 5.33. The normalized spacial score (nSPS) is 12.2. The quantitative estimate of drug-likeness (QED) is 0.645. The van der Waals surface area contributed by atoms with Gasteiger partial charge in [0, 0.05) is 9.50 Å². The summed E-state index contributed by atoms with van der Waals surface area (Å²) in [7, 11) is 1.42. The smallest absolute Gasteiger partial charge is 0.165 e. The largest absolute Gasteiger partial charge is 0.494 e. The van der Waals surface area contributed by atoms with Crippen molar-refractivity contribution in [2.75, 3.05) is 7.11 Å². The van der Waals surface area contributed by atoms with Crippen LogP contribution in [0.5, 0.6) is 5.75 Å². The SMILES string of the molecule is COc1ccc(C(NN)c2ccc(Br)cc2Cl)cc1F. The maximum absolute atomic E-state index is 13.8. The topological polar surface area (TPSA) is 47.3 Å². The second-order valence-electron chi connectivity index (χ2n) is 4.16. The molecule has 0 radical (unpaired) electrons. The number of benzene rings is 2. The van der Waals surface area contributed by atoms with E-state index < -0.39 is 11.9 Å². The first-order valence-electron chi connectivity index (χ1n) is 5.81. The molecule has 2 aromatic rings. The third-order valence-corrected chi connectivity index (χ3v) is 3.77. The molecule has 2 rings (SSSR count). The Kier molecular flexibility index (Phi) is 4.99. The van der Waals surface area contributed by atoms with E-state index in [2.05, 4.69) is 21.4 Å². The lowest BCUT2D eigenvalue weighted by atomic mass is 9.99. The van der Waals surface area contributed by atoms with Crippen molar-refractivity contribution in [1.29, 1.82) is 0 Å². The molecule has 0 heterocycles. The monoisotopic (exact) mass is 358 g/mol. The minimum absolute atomic E-state index is 0.187. The Balaban J connectivity index is 2.44. The summed E-state index contributed by atoms with van der Waals surface area (Å²) in [6.07, 6.45) is 0.